The largest absolute Gasteiger partial charge is 0.494 e. The minimum Gasteiger partial charge on any atom is -0.494 e. The standard InChI is InChI=1S/C20H26N4O5S/c1-5-6-7-24-19(26)16(18(25)21-20(24)30)13-10-12(22-23-13)11-8-14(27-2)17(29-4)15(9-11)28-3/h8-9,12,22,26H,5-7,10H2,1-4H3,(H,21,25,30)/t12-/m0/s1. The van der Waals surface area contributed by atoms with Crippen LogP contribution in [0.3, 0.4) is 0 Å². The van der Waals surface area contributed by atoms with Crippen molar-refractivity contribution >= 4 is 17.9 Å². The number of aromatic amines is 1. The van der Waals surface area contributed by atoms with Gasteiger partial charge in [0, 0.05) is 13.0 Å². The Kier molecular flexibility index (Phi) is 6.66. The van der Waals surface area contributed by atoms with Crippen molar-refractivity contribution in [3.8, 4) is 23.1 Å². The van der Waals surface area contributed by atoms with Gasteiger partial charge in [0.15, 0.2) is 16.3 Å². The van der Waals surface area contributed by atoms with Crippen LogP contribution in [0, 0.1) is 4.77 Å². The summed E-state index contributed by atoms with van der Waals surface area (Å²) >= 11 is 5.21. The van der Waals surface area contributed by atoms with E-state index in [4.69, 9.17) is 26.4 Å². The maximum absolute atomic E-state index is 12.5. The fraction of sp³-hybridized carbons (Fsp3) is 0.450. The lowest BCUT2D eigenvalue weighted by Gasteiger charge is -2.17. The second kappa shape index (κ2) is 9.21. The van der Waals surface area contributed by atoms with Gasteiger partial charge < -0.3 is 24.7 Å². The molecule has 0 spiro atoms. The summed E-state index contributed by atoms with van der Waals surface area (Å²) in [6, 6.07) is 3.42. The molecule has 0 unspecified atom stereocenters. The van der Waals surface area contributed by atoms with Gasteiger partial charge in [-0.3, -0.25) is 14.3 Å². The number of hydrogen-bond acceptors (Lipinski definition) is 8. The molecular weight excluding hydrogens is 408 g/mol. The van der Waals surface area contributed by atoms with Crippen molar-refractivity contribution in [2.75, 3.05) is 21.3 Å². The van der Waals surface area contributed by atoms with Gasteiger partial charge in [0.1, 0.15) is 5.56 Å². The fourth-order valence-electron chi connectivity index (χ4n) is 3.44. The Hall–Kier alpha value is -3.01. The molecule has 1 aliphatic rings. The fourth-order valence-corrected chi connectivity index (χ4v) is 3.71. The summed E-state index contributed by atoms with van der Waals surface area (Å²) in [5.74, 6) is 1.38. The van der Waals surface area contributed by atoms with Crippen LogP contribution in [-0.4, -0.2) is 41.7 Å². The van der Waals surface area contributed by atoms with Crippen molar-refractivity contribution < 1.29 is 19.3 Å². The Labute approximate surface area is 179 Å². The highest BCUT2D eigenvalue weighted by molar-refractivity contribution is 7.71. The molecule has 0 saturated carbocycles. The Morgan fingerprint density at radius 1 is 1.23 bits per heavy atom. The summed E-state index contributed by atoms with van der Waals surface area (Å²) in [6.45, 7) is 2.56. The van der Waals surface area contributed by atoms with Gasteiger partial charge in [-0.2, -0.15) is 5.10 Å². The molecule has 3 rings (SSSR count). The summed E-state index contributed by atoms with van der Waals surface area (Å²) in [4.78, 5) is 15.2. The number of hydrogen-bond donors (Lipinski definition) is 3. The molecule has 0 bridgehead atoms. The van der Waals surface area contributed by atoms with Crippen molar-refractivity contribution in [3.05, 3.63) is 38.4 Å². The van der Waals surface area contributed by atoms with E-state index in [1.54, 1.807) is 21.3 Å². The zero-order chi connectivity index (χ0) is 21.8. The lowest BCUT2D eigenvalue weighted by Crippen LogP contribution is -2.22. The van der Waals surface area contributed by atoms with Gasteiger partial charge in [-0.15, -0.1) is 0 Å². The first kappa shape index (κ1) is 21.7. The van der Waals surface area contributed by atoms with Crippen LogP contribution in [0.5, 0.6) is 23.1 Å². The molecule has 0 fully saturated rings. The van der Waals surface area contributed by atoms with Crippen LogP contribution in [0.1, 0.15) is 43.4 Å². The van der Waals surface area contributed by atoms with E-state index in [0.717, 1.165) is 18.4 Å². The first-order valence-electron chi connectivity index (χ1n) is 9.63. The highest BCUT2D eigenvalue weighted by Crippen LogP contribution is 2.41. The van der Waals surface area contributed by atoms with E-state index in [0.29, 0.717) is 35.9 Å². The maximum Gasteiger partial charge on any atom is 0.264 e. The van der Waals surface area contributed by atoms with Crippen molar-refractivity contribution in [2.45, 2.75) is 38.8 Å². The van der Waals surface area contributed by atoms with Crippen LogP contribution >= 0.6 is 12.2 Å². The number of nitrogens with one attached hydrogen (secondary N) is 2. The number of aromatic nitrogens is 2. The first-order chi connectivity index (χ1) is 14.4. The second-order valence-electron chi connectivity index (χ2n) is 6.87. The minimum atomic E-state index is -0.462. The van der Waals surface area contributed by atoms with Gasteiger partial charge in [-0.05, 0) is 36.3 Å². The molecule has 0 amide bonds. The molecule has 1 aromatic carbocycles. The number of benzene rings is 1. The number of methoxy groups -OCH3 is 3. The van der Waals surface area contributed by atoms with Crippen LogP contribution in [0.2, 0.25) is 0 Å². The highest BCUT2D eigenvalue weighted by Gasteiger charge is 2.28. The third kappa shape index (κ3) is 4.00. The Morgan fingerprint density at radius 3 is 2.47 bits per heavy atom. The Morgan fingerprint density at radius 2 is 1.90 bits per heavy atom. The van der Waals surface area contributed by atoms with Crippen LogP contribution in [-0.2, 0) is 6.54 Å². The normalized spacial score (nSPS) is 15.5. The van der Waals surface area contributed by atoms with Gasteiger partial charge in [0.2, 0.25) is 11.6 Å². The average Bonchev–Trinajstić information content (AvgIpc) is 3.21. The van der Waals surface area contributed by atoms with Crippen LogP contribution in [0.4, 0.5) is 0 Å². The van der Waals surface area contributed by atoms with Gasteiger partial charge in [0.05, 0.1) is 33.1 Å². The average molecular weight is 435 g/mol. The molecule has 0 aliphatic carbocycles. The van der Waals surface area contributed by atoms with E-state index < -0.39 is 5.56 Å². The number of nitrogens with zero attached hydrogens (tertiary/aromatic N) is 2. The van der Waals surface area contributed by atoms with Crippen LogP contribution < -0.4 is 25.2 Å². The highest BCUT2D eigenvalue weighted by atomic mass is 32.1. The van der Waals surface area contributed by atoms with E-state index in [-0.39, 0.29) is 22.3 Å². The number of H-pyrrole nitrogens is 1. The molecule has 1 atom stereocenters. The third-order valence-corrected chi connectivity index (χ3v) is 5.36. The molecule has 9 nitrogen and oxygen atoms in total. The monoisotopic (exact) mass is 434 g/mol. The zero-order valence-electron chi connectivity index (χ0n) is 17.4. The second-order valence-corrected chi connectivity index (χ2v) is 7.25. The number of rotatable bonds is 8. The molecule has 2 aromatic rings. The van der Waals surface area contributed by atoms with E-state index in [2.05, 4.69) is 15.5 Å². The van der Waals surface area contributed by atoms with Crippen LogP contribution in [0.25, 0.3) is 0 Å². The molecule has 3 N–H and O–H groups in total. The summed E-state index contributed by atoms with van der Waals surface area (Å²) in [6.07, 6.45) is 2.15. The van der Waals surface area contributed by atoms with Gasteiger partial charge in [0.25, 0.3) is 5.56 Å². The molecule has 2 heterocycles. The molecular formula is C20H26N4O5S. The quantitative estimate of drug-likeness (QED) is 0.548. The molecule has 0 saturated heterocycles. The summed E-state index contributed by atoms with van der Waals surface area (Å²) in [5, 5.41) is 15.1. The Balaban J connectivity index is 1.94. The van der Waals surface area contributed by atoms with Crippen molar-refractivity contribution in [2.24, 2.45) is 5.10 Å². The van der Waals surface area contributed by atoms with Gasteiger partial charge in [-0.25, -0.2) is 0 Å². The van der Waals surface area contributed by atoms with E-state index in [9.17, 15) is 9.90 Å². The molecule has 30 heavy (non-hydrogen) atoms. The molecule has 10 heteroatoms. The predicted molar refractivity (Wildman–Crippen MR) is 116 cm³/mol. The van der Waals surface area contributed by atoms with Gasteiger partial charge in [-0.1, -0.05) is 13.3 Å². The molecule has 1 aliphatic heterocycles. The smallest absolute Gasteiger partial charge is 0.264 e. The topological polar surface area (TPSA) is 110 Å². The molecule has 162 valence electrons. The van der Waals surface area contributed by atoms with Crippen LogP contribution in [0.15, 0.2) is 22.0 Å². The molecule has 1 aromatic heterocycles. The predicted octanol–water partition coefficient (Wildman–Crippen LogP) is 2.88. The lowest BCUT2D eigenvalue weighted by atomic mass is 9.99. The number of unbranched alkanes of at least 4 members (excludes halogenated alkanes) is 1. The van der Waals surface area contributed by atoms with Crippen molar-refractivity contribution in [1.82, 2.24) is 15.0 Å². The molecule has 0 radical (unpaired) electrons. The van der Waals surface area contributed by atoms with E-state index >= 15 is 0 Å². The zero-order valence-corrected chi connectivity index (χ0v) is 18.3. The lowest BCUT2D eigenvalue weighted by molar-refractivity contribution is 0.323. The number of ether oxygens (including phenoxy) is 3. The summed E-state index contributed by atoms with van der Waals surface area (Å²) in [7, 11) is 4.64. The van der Waals surface area contributed by atoms with E-state index in [1.165, 1.54) is 4.57 Å². The van der Waals surface area contributed by atoms with Crippen molar-refractivity contribution in [3.63, 3.8) is 0 Å². The first-order valence-corrected chi connectivity index (χ1v) is 10.0. The SMILES string of the molecule is CCCCn1c(O)c(C2=NN[C@H](c3cc(OC)c(OC)c(OC)c3)C2)c(=O)[nH]c1=S. The maximum atomic E-state index is 12.5. The van der Waals surface area contributed by atoms with E-state index in [1.807, 2.05) is 19.1 Å². The third-order valence-electron chi connectivity index (χ3n) is 5.04. The Bertz CT molecular complexity index is 1050. The summed E-state index contributed by atoms with van der Waals surface area (Å²) < 4.78 is 17.9. The number of aromatic hydroxyl groups is 1. The number of hydrazone groups is 1. The minimum absolute atomic E-state index is 0.127. The summed E-state index contributed by atoms with van der Waals surface area (Å²) in [5.41, 5.74) is 3.99. The van der Waals surface area contributed by atoms with Gasteiger partial charge >= 0.3 is 0 Å². The van der Waals surface area contributed by atoms with Crippen molar-refractivity contribution in [1.29, 1.82) is 0 Å².